The number of nitrogens with one attached hydrogen (secondary N) is 1. The lowest BCUT2D eigenvalue weighted by atomic mass is 9.99. The minimum atomic E-state index is -0.512. The van der Waals surface area contributed by atoms with Gasteiger partial charge in [0.05, 0.1) is 10.7 Å². The Kier molecular flexibility index (Phi) is 5.02. The van der Waals surface area contributed by atoms with Gasteiger partial charge in [-0.25, -0.2) is 9.97 Å². The Labute approximate surface area is 149 Å². The van der Waals surface area contributed by atoms with E-state index in [9.17, 15) is 4.39 Å². The second kappa shape index (κ2) is 7.20. The number of anilines is 1. The molecule has 3 nitrogen and oxygen atoms in total. The van der Waals surface area contributed by atoms with Crippen LogP contribution in [0, 0.1) is 19.8 Å². The molecule has 24 heavy (non-hydrogen) atoms. The molecule has 3 rings (SSSR count). The predicted octanol–water partition coefficient (Wildman–Crippen LogP) is 5.67. The van der Waals surface area contributed by atoms with Gasteiger partial charge >= 0.3 is 0 Å². The summed E-state index contributed by atoms with van der Waals surface area (Å²) in [6.07, 6.45) is 0. The third kappa shape index (κ3) is 3.68. The topological polar surface area (TPSA) is 37.8 Å². The first-order chi connectivity index (χ1) is 11.5. The van der Waals surface area contributed by atoms with Crippen LogP contribution in [0.2, 0.25) is 5.02 Å². The molecule has 0 aliphatic carbocycles. The van der Waals surface area contributed by atoms with Crippen LogP contribution < -0.4 is 4.72 Å². The molecule has 0 saturated heterocycles. The van der Waals surface area contributed by atoms with Gasteiger partial charge < -0.3 is 4.72 Å². The van der Waals surface area contributed by atoms with Crippen molar-refractivity contribution in [3.8, 4) is 11.3 Å². The van der Waals surface area contributed by atoms with E-state index in [-0.39, 0.29) is 0 Å². The zero-order valence-corrected chi connectivity index (χ0v) is 14.7. The minimum Gasteiger partial charge on any atom is -0.309 e. The highest BCUT2D eigenvalue weighted by Crippen LogP contribution is 2.33. The number of nitrogens with zero attached hydrogens (tertiary/aromatic N) is 2. The number of hydrogen-bond donors (Lipinski definition) is 1. The average Bonchev–Trinajstić information content (AvgIpc) is 2.55. The van der Waals surface area contributed by atoms with Crippen LogP contribution in [-0.2, 0) is 0 Å². The number of rotatable bonds is 4. The van der Waals surface area contributed by atoms with Gasteiger partial charge in [0.1, 0.15) is 10.8 Å². The number of hydrogen-bond acceptors (Lipinski definition) is 4. The summed E-state index contributed by atoms with van der Waals surface area (Å²) in [4.78, 5) is 8.41. The van der Waals surface area contributed by atoms with Crippen LogP contribution >= 0.6 is 23.5 Å². The molecular formula is C18H15ClFN3S. The Bertz CT molecular complexity index is 866. The molecule has 2 heterocycles. The number of aromatic nitrogens is 2. The fraction of sp³-hybridized carbons (Fsp3) is 0.111. The average molecular weight is 360 g/mol. The highest BCUT2D eigenvalue weighted by Gasteiger charge is 2.12. The largest absolute Gasteiger partial charge is 0.309 e. The van der Waals surface area contributed by atoms with E-state index < -0.39 is 5.95 Å². The molecule has 0 aliphatic heterocycles. The second-order valence-corrected chi connectivity index (χ2v) is 6.53. The smallest absolute Gasteiger partial charge is 0.213 e. The van der Waals surface area contributed by atoms with E-state index in [1.807, 2.05) is 32.0 Å². The van der Waals surface area contributed by atoms with Crippen LogP contribution in [0.25, 0.3) is 11.3 Å². The zero-order valence-electron chi connectivity index (χ0n) is 13.2. The van der Waals surface area contributed by atoms with Crippen molar-refractivity contribution in [1.29, 1.82) is 0 Å². The minimum absolute atomic E-state index is 0.512. The van der Waals surface area contributed by atoms with E-state index in [4.69, 9.17) is 11.6 Å². The lowest BCUT2D eigenvalue weighted by molar-refractivity contribution is 0.572. The third-order valence-corrected chi connectivity index (χ3v) is 4.57. The lowest BCUT2D eigenvalue weighted by Crippen LogP contribution is -1.97. The van der Waals surface area contributed by atoms with Crippen LogP contribution in [0.5, 0.6) is 0 Å². The Hall–Kier alpha value is -2.11. The molecule has 0 bridgehead atoms. The Balaban J connectivity index is 1.89. The van der Waals surface area contributed by atoms with Crippen LogP contribution in [-0.4, -0.2) is 9.97 Å². The van der Waals surface area contributed by atoms with Crippen LogP contribution in [0.1, 0.15) is 11.1 Å². The van der Waals surface area contributed by atoms with Gasteiger partial charge in [-0.15, -0.1) is 0 Å². The molecule has 0 spiro atoms. The maximum Gasteiger partial charge on any atom is 0.213 e. The molecule has 3 aromatic rings. The summed E-state index contributed by atoms with van der Waals surface area (Å²) >= 11 is 7.55. The quantitative estimate of drug-likeness (QED) is 0.481. The molecule has 0 atom stereocenters. The summed E-state index contributed by atoms with van der Waals surface area (Å²) in [6, 6.07) is 14.3. The molecule has 1 aromatic carbocycles. The summed E-state index contributed by atoms with van der Waals surface area (Å²) in [5.74, 6) is 0.121. The van der Waals surface area contributed by atoms with E-state index >= 15 is 0 Å². The van der Waals surface area contributed by atoms with Crippen molar-refractivity contribution in [3.63, 3.8) is 0 Å². The van der Waals surface area contributed by atoms with E-state index in [1.165, 1.54) is 18.0 Å². The first kappa shape index (κ1) is 16.7. The van der Waals surface area contributed by atoms with E-state index in [0.717, 1.165) is 22.4 Å². The fourth-order valence-corrected chi connectivity index (χ4v) is 3.22. The molecule has 0 fully saturated rings. The normalized spacial score (nSPS) is 10.7. The van der Waals surface area contributed by atoms with Gasteiger partial charge in [-0.05, 0) is 49.2 Å². The molecule has 0 saturated carbocycles. The first-order valence-corrected chi connectivity index (χ1v) is 8.52. The van der Waals surface area contributed by atoms with Crippen molar-refractivity contribution in [2.45, 2.75) is 18.9 Å². The monoisotopic (exact) mass is 359 g/mol. The van der Waals surface area contributed by atoms with Gasteiger partial charge in [0.15, 0.2) is 0 Å². The van der Waals surface area contributed by atoms with Gasteiger partial charge in [-0.1, -0.05) is 35.9 Å². The van der Waals surface area contributed by atoms with E-state index in [0.29, 0.717) is 15.9 Å². The van der Waals surface area contributed by atoms with Crippen LogP contribution in [0.4, 0.5) is 10.2 Å². The van der Waals surface area contributed by atoms with Crippen LogP contribution in [0.3, 0.4) is 0 Å². The van der Waals surface area contributed by atoms with Gasteiger partial charge in [-0.3, -0.25) is 0 Å². The van der Waals surface area contributed by atoms with E-state index in [1.54, 1.807) is 24.3 Å². The molecule has 122 valence electrons. The van der Waals surface area contributed by atoms with Crippen molar-refractivity contribution < 1.29 is 4.39 Å². The molecule has 0 aliphatic rings. The maximum atomic E-state index is 13.1. The summed E-state index contributed by atoms with van der Waals surface area (Å²) < 4.78 is 16.2. The number of benzene rings is 1. The van der Waals surface area contributed by atoms with Crippen molar-refractivity contribution in [2.75, 3.05) is 4.72 Å². The third-order valence-electron chi connectivity index (χ3n) is 3.51. The number of halogens is 2. The molecule has 0 radical (unpaired) electrons. The molecule has 6 heteroatoms. The number of aryl methyl sites for hydroxylation is 2. The SMILES string of the molecule is Cc1cccc(C)c1-c1nc(NSc2cccc(F)n2)ccc1Cl. The molecule has 2 aromatic heterocycles. The Morgan fingerprint density at radius 2 is 1.67 bits per heavy atom. The summed E-state index contributed by atoms with van der Waals surface area (Å²) in [6.45, 7) is 4.07. The molecule has 0 amide bonds. The zero-order chi connectivity index (χ0) is 17.1. The molecular weight excluding hydrogens is 345 g/mol. The summed E-state index contributed by atoms with van der Waals surface area (Å²) in [7, 11) is 0. The van der Waals surface area contributed by atoms with Crippen molar-refractivity contribution in [1.82, 2.24) is 9.97 Å². The summed E-state index contributed by atoms with van der Waals surface area (Å²) in [5.41, 5.74) is 3.98. The van der Waals surface area contributed by atoms with Gasteiger partial charge in [0, 0.05) is 17.5 Å². The summed E-state index contributed by atoms with van der Waals surface area (Å²) in [5, 5.41) is 1.12. The van der Waals surface area contributed by atoms with Gasteiger partial charge in [0.25, 0.3) is 0 Å². The highest BCUT2D eigenvalue weighted by molar-refractivity contribution is 8.00. The fourth-order valence-electron chi connectivity index (χ4n) is 2.41. The van der Waals surface area contributed by atoms with Crippen molar-refractivity contribution >= 4 is 29.4 Å². The number of pyridine rings is 2. The first-order valence-electron chi connectivity index (χ1n) is 7.33. The van der Waals surface area contributed by atoms with Crippen LogP contribution in [0.15, 0.2) is 53.6 Å². The highest BCUT2D eigenvalue weighted by atomic mass is 35.5. The molecule has 1 N–H and O–H groups in total. The Morgan fingerprint density at radius 3 is 2.38 bits per heavy atom. The van der Waals surface area contributed by atoms with Crippen molar-refractivity contribution in [2.24, 2.45) is 0 Å². The van der Waals surface area contributed by atoms with Crippen molar-refractivity contribution in [3.05, 3.63) is 70.6 Å². The molecule has 0 unspecified atom stereocenters. The second-order valence-electron chi connectivity index (χ2n) is 5.30. The predicted molar refractivity (Wildman–Crippen MR) is 97.8 cm³/mol. The standard InChI is InChI=1S/C18H15ClFN3S/c1-11-5-3-6-12(2)17(11)18-13(19)9-10-15(22-18)23-24-16-8-4-7-14(20)21-16/h3-10H,1-2H3,(H,22,23). The van der Waals surface area contributed by atoms with E-state index in [2.05, 4.69) is 14.7 Å². The van der Waals surface area contributed by atoms with Gasteiger partial charge in [0.2, 0.25) is 5.95 Å². The Morgan fingerprint density at radius 1 is 0.958 bits per heavy atom. The lowest BCUT2D eigenvalue weighted by Gasteiger charge is -2.12. The maximum absolute atomic E-state index is 13.1. The van der Waals surface area contributed by atoms with Gasteiger partial charge in [-0.2, -0.15) is 4.39 Å².